The number of ether oxygens (including phenoxy) is 2. The molecule has 1 aromatic heterocycles. The van der Waals surface area contributed by atoms with Crippen molar-refractivity contribution in [3.05, 3.63) is 11.3 Å². The van der Waals surface area contributed by atoms with E-state index in [9.17, 15) is 4.79 Å². The molecule has 25 heavy (non-hydrogen) atoms. The number of alkyl carbamates (subject to hydrolysis) is 1. The first kappa shape index (κ1) is 21.3. The molecule has 1 amide bonds. The summed E-state index contributed by atoms with van der Waals surface area (Å²) in [7, 11) is 3.51. The van der Waals surface area contributed by atoms with Crippen LogP contribution in [0.15, 0.2) is 0 Å². The molecule has 1 aromatic rings. The lowest BCUT2D eigenvalue weighted by Crippen LogP contribution is -2.55. The fourth-order valence-corrected chi connectivity index (χ4v) is 2.47. The van der Waals surface area contributed by atoms with Gasteiger partial charge in [0.2, 0.25) is 5.88 Å². The Hall–Kier alpha value is -1.76. The van der Waals surface area contributed by atoms with Crippen molar-refractivity contribution in [3.63, 3.8) is 0 Å². The summed E-state index contributed by atoms with van der Waals surface area (Å²) in [5, 5.41) is 10.8. The zero-order valence-electron chi connectivity index (χ0n) is 17.1. The Labute approximate surface area is 151 Å². The summed E-state index contributed by atoms with van der Waals surface area (Å²) in [5.41, 5.74) is 1.14. The molecule has 0 aliphatic carbocycles. The van der Waals surface area contributed by atoms with Gasteiger partial charge in [-0.05, 0) is 40.5 Å². The number of rotatable bonds is 7. The third-order valence-electron chi connectivity index (χ3n) is 4.42. The molecule has 0 spiro atoms. The Kier molecular flexibility index (Phi) is 6.88. The number of aryl methyl sites for hydroxylation is 2. The van der Waals surface area contributed by atoms with E-state index in [1.54, 1.807) is 11.8 Å². The van der Waals surface area contributed by atoms with Crippen molar-refractivity contribution in [3.8, 4) is 5.88 Å². The zero-order chi connectivity index (χ0) is 19.4. The summed E-state index contributed by atoms with van der Waals surface area (Å²) in [6.45, 7) is 14.9. The van der Waals surface area contributed by atoms with E-state index < -0.39 is 11.7 Å². The van der Waals surface area contributed by atoms with Crippen LogP contribution in [0.2, 0.25) is 0 Å². The molecular formula is C18H34N4O3. The second-order valence-corrected chi connectivity index (χ2v) is 7.98. The quantitative estimate of drug-likeness (QED) is 0.787. The first-order valence-corrected chi connectivity index (χ1v) is 8.68. The van der Waals surface area contributed by atoms with E-state index in [2.05, 4.69) is 36.5 Å². The first-order chi connectivity index (χ1) is 11.4. The van der Waals surface area contributed by atoms with Gasteiger partial charge in [-0.1, -0.05) is 13.8 Å². The normalized spacial score (nSPS) is 14.3. The van der Waals surface area contributed by atoms with Crippen LogP contribution in [0.3, 0.4) is 0 Å². The Bertz CT molecular complexity index is 590. The second-order valence-electron chi connectivity index (χ2n) is 7.98. The Morgan fingerprint density at radius 1 is 1.28 bits per heavy atom. The molecule has 0 aliphatic heterocycles. The van der Waals surface area contributed by atoms with Gasteiger partial charge in [-0.25, -0.2) is 9.48 Å². The molecule has 0 fully saturated rings. The zero-order valence-corrected chi connectivity index (χ0v) is 17.1. The van der Waals surface area contributed by atoms with E-state index in [0.717, 1.165) is 17.1 Å². The van der Waals surface area contributed by atoms with Crippen molar-refractivity contribution in [2.75, 3.05) is 13.7 Å². The number of carbonyl (C=O) groups is 1. The molecule has 1 heterocycles. The highest BCUT2D eigenvalue weighted by Gasteiger charge is 2.30. The number of nitrogens with zero attached hydrogens (tertiary/aromatic N) is 2. The minimum Gasteiger partial charge on any atom is -0.481 e. The lowest BCUT2D eigenvalue weighted by Gasteiger charge is -2.35. The van der Waals surface area contributed by atoms with Crippen molar-refractivity contribution >= 4 is 6.09 Å². The maximum Gasteiger partial charge on any atom is 0.407 e. The van der Waals surface area contributed by atoms with Gasteiger partial charge in [-0.15, -0.1) is 0 Å². The molecule has 1 unspecified atom stereocenters. The van der Waals surface area contributed by atoms with Crippen LogP contribution in [0, 0.1) is 12.8 Å². The molecule has 0 saturated heterocycles. The molecule has 0 bridgehead atoms. The lowest BCUT2D eigenvalue weighted by molar-refractivity contribution is 0.0503. The summed E-state index contributed by atoms with van der Waals surface area (Å²) in [6, 6.07) is 0. The highest BCUT2D eigenvalue weighted by atomic mass is 16.6. The molecule has 7 nitrogen and oxygen atoms in total. The van der Waals surface area contributed by atoms with Gasteiger partial charge in [0.1, 0.15) is 5.60 Å². The molecule has 1 rings (SSSR count). The van der Waals surface area contributed by atoms with E-state index >= 15 is 0 Å². The SMILES string of the molecule is COc1c(CNC(C)(CNC(=O)OC(C)(C)C)C(C)C)c(C)nn1C. The minimum absolute atomic E-state index is 0.297. The van der Waals surface area contributed by atoms with Gasteiger partial charge < -0.3 is 20.1 Å². The van der Waals surface area contributed by atoms with Gasteiger partial charge in [0.25, 0.3) is 0 Å². The lowest BCUT2D eigenvalue weighted by atomic mass is 9.88. The molecule has 1 atom stereocenters. The molecule has 0 aromatic carbocycles. The molecule has 7 heteroatoms. The standard InChI is InChI=1S/C18H34N4O3/c1-12(2)18(7,11-19-16(23)25-17(4,5)6)20-10-14-13(3)21-22(8)15(14)24-9/h12,20H,10-11H2,1-9H3,(H,19,23). The van der Waals surface area contributed by atoms with Crippen LogP contribution in [0.4, 0.5) is 4.79 Å². The monoisotopic (exact) mass is 354 g/mol. The average Bonchev–Trinajstić information content (AvgIpc) is 2.74. The second kappa shape index (κ2) is 8.08. The van der Waals surface area contributed by atoms with Gasteiger partial charge in [0, 0.05) is 25.7 Å². The van der Waals surface area contributed by atoms with Crippen LogP contribution in [0.25, 0.3) is 0 Å². The average molecular weight is 354 g/mol. The maximum atomic E-state index is 12.0. The molecule has 144 valence electrons. The number of hydrogen-bond acceptors (Lipinski definition) is 5. The highest BCUT2D eigenvalue weighted by molar-refractivity contribution is 5.67. The van der Waals surface area contributed by atoms with Gasteiger partial charge in [-0.3, -0.25) is 0 Å². The number of nitrogens with one attached hydrogen (secondary N) is 2. The molecular weight excluding hydrogens is 320 g/mol. The molecule has 0 saturated carbocycles. The number of amides is 1. The smallest absolute Gasteiger partial charge is 0.407 e. The summed E-state index contributed by atoms with van der Waals surface area (Å²) in [4.78, 5) is 12.0. The number of carbonyl (C=O) groups excluding carboxylic acids is 1. The van der Waals surface area contributed by atoms with Crippen molar-refractivity contribution in [1.29, 1.82) is 0 Å². The topological polar surface area (TPSA) is 77.4 Å². The van der Waals surface area contributed by atoms with Crippen molar-refractivity contribution in [1.82, 2.24) is 20.4 Å². The Morgan fingerprint density at radius 3 is 2.36 bits per heavy atom. The van der Waals surface area contributed by atoms with E-state index in [-0.39, 0.29) is 5.54 Å². The third kappa shape index (κ3) is 5.92. The fourth-order valence-electron chi connectivity index (χ4n) is 2.47. The predicted molar refractivity (Wildman–Crippen MR) is 98.8 cm³/mol. The molecule has 0 aliphatic rings. The largest absolute Gasteiger partial charge is 0.481 e. The van der Waals surface area contributed by atoms with Crippen LogP contribution < -0.4 is 15.4 Å². The Balaban J connectivity index is 2.78. The van der Waals surface area contributed by atoms with Gasteiger partial charge in [-0.2, -0.15) is 5.10 Å². The van der Waals surface area contributed by atoms with E-state index in [1.807, 2.05) is 34.7 Å². The summed E-state index contributed by atoms with van der Waals surface area (Å²) in [5.74, 6) is 1.04. The van der Waals surface area contributed by atoms with Crippen LogP contribution in [-0.2, 0) is 18.3 Å². The van der Waals surface area contributed by atoms with E-state index in [0.29, 0.717) is 19.0 Å². The number of methoxy groups -OCH3 is 1. The summed E-state index contributed by atoms with van der Waals surface area (Å²) in [6.07, 6.45) is -0.406. The first-order valence-electron chi connectivity index (χ1n) is 8.68. The third-order valence-corrected chi connectivity index (χ3v) is 4.42. The fraction of sp³-hybridized carbons (Fsp3) is 0.778. The van der Waals surface area contributed by atoms with Crippen LogP contribution >= 0.6 is 0 Å². The Morgan fingerprint density at radius 2 is 1.88 bits per heavy atom. The van der Waals surface area contributed by atoms with Crippen molar-refractivity contribution in [2.24, 2.45) is 13.0 Å². The van der Waals surface area contributed by atoms with Gasteiger partial charge >= 0.3 is 6.09 Å². The van der Waals surface area contributed by atoms with Gasteiger partial charge in [0.15, 0.2) is 0 Å². The molecule has 0 radical (unpaired) electrons. The van der Waals surface area contributed by atoms with Crippen molar-refractivity contribution in [2.45, 2.75) is 66.2 Å². The van der Waals surface area contributed by atoms with Crippen molar-refractivity contribution < 1.29 is 14.3 Å². The predicted octanol–water partition coefficient (Wildman–Crippen LogP) is 2.77. The van der Waals surface area contributed by atoms with Crippen LogP contribution in [0.5, 0.6) is 5.88 Å². The van der Waals surface area contributed by atoms with Gasteiger partial charge in [0.05, 0.1) is 18.4 Å². The number of hydrogen-bond donors (Lipinski definition) is 2. The van der Waals surface area contributed by atoms with E-state index in [4.69, 9.17) is 9.47 Å². The van der Waals surface area contributed by atoms with Crippen LogP contribution in [0.1, 0.15) is 52.8 Å². The summed E-state index contributed by atoms with van der Waals surface area (Å²) >= 11 is 0. The molecule has 2 N–H and O–H groups in total. The highest BCUT2D eigenvalue weighted by Crippen LogP contribution is 2.23. The van der Waals surface area contributed by atoms with E-state index in [1.165, 1.54) is 0 Å². The van der Waals surface area contributed by atoms with Crippen LogP contribution in [-0.4, -0.2) is 40.7 Å². The minimum atomic E-state index is -0.508. The maximum absolute atomic E-state index is 12.0. The number of aromatic nitrogens is 2. The summed E-state index contributed by atoms with van der Waals surface area (Å²) < 4.78 is 12.5.